The van der Waals surface area contributed by atoms with Crippen LogP contribution < -0.4 is 0 Å². The molecule has 4 aromatic rings. The van der Waals surface area contributed by atoms with Crippen molar-refractivity contribution in [1.82, 2.24) is 19.6 Å². The molecule has 0 radical (unpaired) electrons. The molecule has 0 atom stereocenters. The van der Waals surface area contributed by atoms with Crippen LogP contribution in [0.4, 0.5) is 0 Å². The molecule has 0 N–H and O–H groups in total. The average molecular weight is 260 g/mol. The molecule has 0 unspecified atom stereocenters. The highest BCUT2D eigenvalue weighted by atomic mass is 15.3. The van der Waals surface area contributed by atoms with Crippen LogP contribution in [-0.2, 0) is 0 Å². The van der Waals surface area contributed by atoms with Gasteiger partial charge in [0.05, 0.1) is 5.52 Å². The van der Waals surface area contributed by atoms with Crippen molar-refractivity contribution < 1.29 is 0 Å². The van der Waals surface area contributed by atoms with Gasteiger partial charge in [0.15, 0.2) is 11.5 Å². The third-order valence-corrected chi connectivity index (χ3v) is 3.47. The monoisotopic (exact) mass is 260 g/mol. The van der Waals surface area contributed by atoms with Gasteiger partial charge in [-0.05, 0) is 24.6 Å². The molecule has 0 bridgehead atoms. The van der Waals surface area contributed by atoms with E-state index in [1.54, 1.807) is 10.8 Å². The molecule has 0 aliphatic carbocycles. The molecule has 96 valence electrons. The molecule has 2 aromatic carbocycles. The minimum atomic E-state index is 0.737. The van der Waals surface area contributed by atoms with Gasteiger partial charge in [0.2, 0.25) is 0 Å². The Bertz CT molecular complexity index is 924. The van der Waals surface area contributed by atoms with Crippen LogP contribution in [-0.4, -0.2) is 19.6 Å². The number of hydrogen-bond acceptors (Lipinski definition) is 3. The zero-order valence-electron chi connectivity index (χ0n) is 11.0. The molecule has 0 saturated heterocycles. The normalized spacial score (nSPS) is 11.2. The van der Waals surface area contributed by atoms with Crippen LogP contribution >= 0.6 is 0 Å². The Morgan fingerprint density at radius 2 is 1.75 bits per heavy atom. The van der Waals surface area contributed by atoms with Gasteiger partial charge in [0.25, 0.3) is 0 Å². The number of para-hydroxylation sites is 1. The van der Waals surface area contributed by atoms with Gasteiger partial charge in [-0.2, -0.15) is 0 Å². The summed E-state index contributed by atoms with van der Waals surface area (Å²) < 4.78 is 1.74. The molecule has 0 amide bonds. The van der Waals surface area contributed by atoms with Crippen molar-refractivity contribution in [3.05, 3.63) is 60.4 Å². The molecule has 4 heteroatoms. The van der Waals surface area contributed by atoms with Crippen molar-refractivity contribution in [1.29, 1.82) is 0 Å². The second-order valence-corrected chi connectivity index (χ2v) is 4.78. The zero-order valence-corrected chi connectivity index (χ0v) is 11.0. The van der Waals surface area contributed by atoms with E-state index < -0.39 is 0 Å². The lowest BCUT2D eigenvalue weighted by Gasteiger charge is -1.98. The molecule has 0 spiro atoms. The minimum absolute atomic E-state index is 0.737. The first-order chi connectivity index (χ1) is 9.83. The zero-order chi connectivity index (χ0) is 13.5. The molecule has 0 aliphatic rings. The van der Waals surface area contributed by atoms with Crippen LogP contribution in [0.5, 0.6) is 0 Å². The predicted octanol–water partition coefficient (Wildman–Crippen LogP) is 3.25. The summed E-state index contributed by atoms with van der Waals surface area (Å²) in [6.07, 6.45) is 1.71. The lowest BCUT2D eigenvalue weighted by Crippen LogP contribution is -1.91. The molecule has 0 aliphatic heterocycles. The van der Waals surface area contributed by atoms with E-state index >= 15 is 0 Å². The van der Waals surface area contributed by atoms with Crippen molar-refractivity contribution in [3.63, 3.8) is 0 Å². The third-order valence-electron chi connectivity index (χ3n) is 3.47. The summed E-state index contributed by atoms with van der Waals surface area (Å²) in [5.41, 5.74) is 4.00. The van der Waals surface area contributed by atoms with Crippen LogP contribution in [0.1, 0.15) is 5.56 Å². The summed E-state index contributed by atoms with van der Waals surface area (Å²) in [5.74, 6) is 0.737. The summed E-state index contributed by atoms with van der Waals surface area (Å²) in [7, 11) is 0. The Hall–Kier alpha value is -2.75. The molecular formula is C16H12N4. The summed E-state index contributed by atoms with van der Waals surface area (Å²) in [5, 5.41) is 5.55. The molecule has 20 heavy (non-hydrogen) atoms. The van der Waals surface area contributed by atoms with E-state index in [0.717, 1.165) is 27.9 Å². The second kappa shape index (κ2) is 4.13. The lowest BCUT2D eigenvalue weighted by molar-refractivity contribution is 0.937. The Balaban J connectivity index is 2.04. The number of aryl methyl sites for hydroxylation is 1. The Morgan fingerprint density at radius 3 is 2.65 bits per heavy atom. The quantitative estimate of drug-likeness (QED) is 0.527. The van der Waals surface area contributed by atoms with Gasteiger partial charge in [-0.15, -0.1) is 5.10 Å². The van der Waals surface area contributed by atoms with Crippen LogP contribution in [0.3, 0.4) is 0 Å². The largest absolute Gasteiger partial charge is 0.236 e. The van der Waals surface area contributed by atoms with Crippen molar-refractivity contribution in [3.8, 4) is 11.4 Å². The van der Waals surface area contributed by atoms with Gasteiger partial charge in [-0.1, -0.05) is 36.4 Å². The molecule has 4 nitrogen and oxygen atoms in total. The first kappa shape index (κ1) is 11.1. The van der Waals surface area contributed by atoms with Crippen LogP contribution in [0.2, 0.25) is 0 Å². The second-order valence-electron chi connectivity index (χ2n) is 4.78. The fourth-order valence-corrected chi connectivity index (χ4v) is 2.42. The number of fused-ring (bicyclic) bond motifs is 3. The van der Waals surface area contributed by atoms with E-state index in [1.165, 1.54) is 5.56 Å². The van der Waals surface area contributed by atoms with Gasteiger partial charge < -0.3 is 0 Å². The molecule has 2 heterocycles. The summed E-state index contributed by atoms with van der Waals surface area (Å²) >= 11 is 0. The maximum atomic E-state index is 4.68. The highest BCUT2D eigenvalue weighted by molar-refractivity contribution is 5.91. The number of benzene rings is 2. The maximum absolute atomic E-state index is 4.68. The van der Waals surface area contributed by atoms with Crippen molar-refractivity contribution in [2.24, 2.45) is 0 Å². The maximum Gasteiger partial charge on any atom is 0.182 e. The Morgan fingerprint density at radius 1 is 0.950 bits per heavy atom. The fraction of sp³-hybridized carbons (Fsp3) is 0.0625. The highest BCUT2D eigenvalue weighted by Gasteiger charge is 2.10. The molecule has 4 rings (SSSR count). The standard InChI is InChI=1S/C16H12N4/c1-11-6-2-3-7-12(11)15-18-16-13-8-4-5-9-14(13)17-10-20(16)19-15/h2-10H,1H3. The SMILES string of the molecule is Cc1ccccc1-c1nc2c3ccccc3ncn2n1. The van der Waals surface area contributed by atoms with Crippen LogP contribution in [0, 0.1) is 6.92 Å². The van der Waals surface area contributed by atoms with E-state index in [0.29, 0.717) is 0 Å². The minimum Gasteiger partial charge on any atom is -0.236 e. The molecular weight excluding hydrogens is 248 g/mol. The lowest BCUT2D eigenvalue weighted by atomic mass is 10.1. The average Bonchev–Trinajstić information content (AvgIpc) is 2.92. The molecule has 2 aromatic heterocycles. The first-order valence-corrected chi connectivity index (χ1v) is 6.49. The number of rotatable bonds is 1. The summed E-state index contributed by atoms with van der Waals surface area (Å²) in [6, 6.07) is 16.1. The van der Waals surface area contributed by atoms with E-state index in [9.17, 15) is 0 Å². The van der Waals surface area contributed by atoms with Crippen LogP contribution in [0.15, 0.2) is 54.9 Å². The first-order valence-electron chi connectivity index (χ1n) is 6.49. The Labute approximate surface area is 115 Å². The third kappa shape index (κ3) is 1.58. The van der Waals surface area contributed by atoms with Gasteiger partial charge >= 0.3 is 0 Å². The number of aromatic nitrogens is 4. The van der Waals surface area contributed by atoms with E-state index in [-0.39, 0.29) is 0 Å². The molecule has 0 fully saturated rings. The van der Waals surface area contributed by atoms with Gasteiger partial charge in [-0.25, -0.2) is 14.5 Å². The smallest absolute Gasteiger partial charge is 0.182 e. The summed E-state index contributed by atoms with van der Waals surface area (Å²) in [6.45, 7) is 2.07. The summed E-state index contributed by atoms with van der Waals surface area (Å²) in [4.78, 5) is 9.08. The van der Waals surface area contributed by atoms with Gasteiger partial charge in [0.1, 0.15) is 6.33 Å². The van der Waals surface area contributed by atoms with Gasteiger partial charge in [0, 0.05) is 10.9 Å². The number of hydrogen-bond donors (Lipinski definition) is 0. The highest BCUT2D eigenvalue weighted by Crippen LogP contribution is 2.22. The topological polar surface area (TPSA) is 43.1 Å². The Kier molecular flexibility index (Phi) is 2.29. The van der Waals surface area contributed by atoms with E-state index in [4.69, 9.17) is 0 Å². The van der Waals surface area contributed by atoms with E-state index in [1.807, 2.05) is 42.5 Å². The van der Waals surface area contributed by atoms with Crippen molar-refractivity contribution >= 4 is 16.6 Å². The fourth-order valence-electron chi connectivity index (χ4n) is 2.42. The number of nitrogens with zero attached hydrogens (tertiary/aromatic N) is 4. The van der Waals surface area contributed by atoms with E-state index in [2.05, 4.69) is 28.1 Å². The van der Waals surface area contributed by atoms with Crippen molar-refractivity contribution in [2.75, 3.05) is 0 Å². The predicted molar refractivity (Wildman–Crippen MR) is 78.5 cm³/mol. The van der Waals surface area contributed by atoms with Crippen LogP contribution in [0.25, 0.3) is 27.9 Å². The molecule has 0 saturated carbocycles. The van der Waals surface area contributed by atoms with Crippen molar-refractivity contribution in [2.45, 2.75) is 6.92 Å². The van der Waals surface area contributed by atoms with Gasteiger partial charge in [-0.3, -0.25) is 0 Å².